The van der Waals surface area contributed by atoms with E-state index < -0.39 is 0 Å². The van der Waals surface area contributed by atoms with Crippen molar-refractivity contribution in [2.45, 2.75) is 40.0 Å². The molecule has 1 aromatic heterocycles. The molecule has 152 valence electrons. The van der Waals surface area contributed by atoms with E-state index >= 15 is 0 Å². The van der Waals surface area contributed by atoms with Crippen LogP contribution in [0.4, 0.5) is 0 Å². The lowest BCUT2D eigenvalue weighted by Gasteiger charge is -2.12. The highest BCUT2D eigenvalue weighted by molar-refractivity contribution is 5.79. The van der Waals surface area contributed by atoms with Gasteiger partial charge in [-0.05, 0) is 50.6 Å². The molecule has 6 nitrogen and oxygen atoms in total. The SMILES string of the molecule is CCNC(=NCc1cccc(OC(C)C)c1)NCc1coc(-c2ccccc2)n1. The van der Waals surface area contributed by atoms with E-state index in [1.165, 1.54) is 0 Å². The monoisotopic (exact) mass is 392 g/mol. The van der Waals surface area contributed by atoms with Gasteiger partial charge in [0.05, 0.1) is 24.9 Å². The average Bonchev–Trinajstić information content (AvgIpc) is 3.20. The molecule has 3 aromatic rings. The Hall–Kier alpha value is -3.28. The molecule has 0 bridgehead atoms. The van der Waals surface area contributed by atoms with Gasteiger partial charge in [-0.15, -0.1) is 0 Å². The molecule has 2 N–H and O–H groups in total. The normalized spacial score (nSPS) is 11.5. The number of aliphatic imine (C=N–C) groups is 1. The first-order valence-corrected chi connectivity index (χ1v) is 9.91. The van der Waals surface area contributed by atoms with Crippen LogP contribution in [0.2, 0.25) is 0 Å². The Balaban J connectivity index is 1.61. The number of hydrogen-bond acceptors (Lipinski definition) is 4. The first kappa shape index (κ1) is 20.5. The van der Waals surface area contributed by atoms with E-state index in [0.717, 1.165) is 35.1 Å². The molecule has 0 amide bonds. The maximum absolute atomic E-state index is 5.75. The Morgan fingerprint density at radius 1 is 1.10 bits per heavy atom. The van der Waals surface area contributed by atoms with Crippen LogP contribution in [-0.4, -0.2) is 23.6 Å². The van der Waals surface area contributed by atoms with E-state index in [1.54, 1.807) is 6.26 Å². The third-order valence-corrected chi connectivity index (χ3v) is 4.04. The summed E-state index contributed by atoms with van der Waals surface area (Å²) in [4.78, 5) is 9.21. The van der Waals surface area contributed by atoms with Crippen molar-refractivity contribution in [3.63, 3.8) is 0 Å². The van der Waals surface area contributed by atoms with Gasteiger partial charge in [-0.3, -0.25) is 0 Å². The van der Waals surface area contributed by atoms with Crippen LogP contribution in [0.15, 0.2) is 70.3 Å². The number of ether oxygens (including phenoxy) is 1. The summed E-state index contributed by atoms with van der Waals surface area (Å²) in [5.74, 6) is 2.21. The molecular weight excluding hydrogens is 364 g/mol. The van der Waals surface area contributed by atoms with E-state index in [2.05, 4.69) is 20.6 Å². The summed E-state index contributed by atoms with van der Waals surface area (Å²) in [5.41, 5.74) is 2.87. The molecule has 1 heterocycles. The molecule has 6 heteroatoms. The number of nitrogens with one attached hydrogen (secondary N) is 2. The summed E-state index contributed by atoms with van der Waals surface area (Å²) in [6, 6.07) is 17.9. The molecule has 2 aromatic carbocycles. The fourth-order valence-electron chi connectivity index (χ4n) is 2.78. The number of guanidine groups is 1. The van der Waals surface area contributed by atoms with E-state index in [0.29, 0.717) is 19.0 Å². The molecule has 0 saturated carbocycles. The number of nitrogens with zero attached hydrogens (tertiary/aromatic N) is 2. The lowest BCUT2D eigenvalue weighted by atomic mass is 10.2. The van der Waals surface area contributed by atoms with Crippen molar-refractivity contribution in [1.82, 2.24) is 15.6 Å². The van der Waals surface area contributed by atoms with Crippen LogP contribution >= 0.6 is 0 Å². The molecule has 0 saturated heterocycles. The largest absolute Gasteiger partial charge is 0.491 e. The minimum Gasteiger partial charge on any atom is -0.491 e. The summed E-state index contributed by atoms with van der Waals surface area (Å²) in [5, 5.41) is 6.56. The lowest BCUT2D eigenvalue weighted by molar-refractivity contribution is 0.242. The molecule has 0 spiro atoms. The Kier molecular flexibility index (Phi) is 7.28. The van der Waals surface area contributed by atoms with Gasteiger partial charge in [-0.2, -0.15) is 0 Å². The third-order valence-electron chi connectivity index (χ3n) is 4.04. The lowest BCUT2D eigenvalue weighted by Crippen LogP contribution is -2.36. The second kappa shape index (κ2) is 10.3. The molecule has 0 radical (unpaired) electrons. The predicted octanol–water partition coefficient (Wildman–Crippen LogP) is 4.38. The van der Waals surface area contributed by atoms with Crippen LogP contribution in [0, 0.1) is 0 Å². The number of benzene rings is 2. The van der Waals surface area contributed by atoms with Crippen LogP contribution < -0.4 is 15.4 Å². The Morgan fingerprint density at radius 3 is 2.69 bits per heavy atom. The van der Waals surface area contributed by atoms with E-state index in [-0.39, 0.29) is 6.10 Å². The van der Waals surface area contributed by atoms with E-state index in [4.69, 9.17) is 9.15 Å². The fraction of sp³-hybridized carbons (Fsp3) is 0.304. The molecule has 3 rings (SSSR count). The summed E-state index contributed by atoms with van der Waals surface area (Å²) >= 11 is 0. The molecule has 0 fully saturated rings. The van der Waals surface area contributed by atoms with Crippen molar-refractivity contribution in [3.05, 3.63) is 72.1 Å². The van der Waals surface area contributed by atoms with Crippen molar-refractivity contribution >= 4 is 5.96 Å². The topological polar surface area (TPSA) is 71.7 Å². The number of rotatable bonds is 8. The zero-order chi connectivity index (χ0) is 20.5. The van der Waals surface area contributed by atoms with Gasteiger partial charge in [-0.25, -0.2) is 9.98 Å². The van der Waals surface area contributed by atoms with Gasteiger partial charge in [0.25, 0.3) is 0 Å². The second-order valence-corrected chi connectivity index (χ2v) is 6.87. The minimum absolute atomic E-state index is 0.149. The maximum atomic E-state index is 5.75. The molecule has 29 heavy (non-hydrogen) atoms. The van der Waals surface area contributed by atoms with Crippen molar-refractivity contribution in [2.75, 3.05) is 6.54 Å². The van der Waals surface area contributed by atoms with Crippen molar-refractivity contribution < 1.29 is 9.15 Å². The second-order valence-electron chi connectivity index (χ2n) is 6.87. The average molecular weight is 393 g/mol. The first-order valence-electron chi connectivity index (χ1n) is 9.91. The Labute approximate surface area is 172 Å². The standard InChI is InChI=1S/C23H28N4O2/c1-4-24-23(25-14-18-9-8-12-21(13-18)29-17(2)3)26-15-20-16-28-22(27-20)19-10-6-5-7-11-19/h5-13,16-17H,4,14-15H2,1-3H3,(H2,24,25,26). The summed E-state index contributed by atoms with van der Waals surface area (Å²) in [7, 11) is 0. The summed E-state index contributed by atoms with van der Waals surface area (Å²) in [6.07, 6.45) is 1.82. The van der Waals surface area contributed by atoms with Gasteiger partial charge in [0, 0.05) is 12.1 Å². The van der Waals surface area contributed by atoms with Crippen molar-refractivity contribution in [1.29, 1.82) is 0 Å². The molecule has 0 aliphatic rings. The molecule has 0 unspecified atom stereocenters. The van der Waals surface area contributed by atoms with Gasteiger partial charge in [0.2, 0.25) is 5.89 Å². The fourth-order valence-corrected chi connectivity index (χ4v) is 2.78. The van der Waals surface area contributed by atoms with Gasteiger partial charge in [-0.1, -0.05) is 30.3 Å². The zero-order valence-corrected chi connectivity index (χ0v) is 17.2. The van der Waals surface area contributed by atoms with Crippen LogP contribution in [-0.2, 0) is 13.1 Å². The van der Waals surface area contributed by atoms with Crippen LogP contribution in [0.3, 0.4) is 0 Å². The van der Waals surface area contributed by atoms with Gasteiger partial charge in [0.1, 0.15) is 12.0 Å². The van der Waals surface area contributed by atoms with Gasteiger partial charge in [0.15, 0.2) is 5.96 Å². The molecule has 0 aliphatic carbocycles. The highest BCUT2D eigenvalue weighted by Gasteiger charge is 2.07. The smallest absolute Gasteiger partial charge is 0.226 e. The third kappa shape index (κ3) is 6.38. The molecule has 0 atom stereocenters. The van der Waals surface area contributed by atoms with Gasteiger partial charge < -0.3 is 19.8 Å². The number of hydrogen-bond donors (Lipinski definition) is 2. The highest BCUT2D eigenvalue weighted by atomic mass is 16.5. The summed E-state index contributed by atoms with van der Waals surface area (Å²) < 4.78 is 11.3. The molecular formula is C23H28N4O2. The number of oxazole rings is 1. The van der Waals surface area contributed by atoms with Crippen LogP contribution in [0.1, 0.15) is 32.0 Å². The van der Waals surface area contributed by atoms with Gasteiger partial charge >= 0.3 is 0 Å². The number of aromatic nitrogens is 1. The zero-order valence-electron chi connectivity index (χ0n) is 17.2. The maximum Gasteiger partial charge on any atom is 0.226 e. The minimum atomic E-state index is 0.149. The van der Waals surface area contributed by atoms with E-state index in [1.807, 2.05) is 75.4 Å². The first-order chi connectivity index (χ1) is 14.1. The van der Waals surface area contributed by atoms with Crippen molar-refractivity contribution in [2.24, 2.45) is 4.99 Å². The Morgan fingerprint density at radius 2 is 1.93 bits per heavy atom. The van der Waals surface area contributed by atoms with Crippen LogP contribution in [0.5, 0.6) is 5.75 Å². The Bertz CT molecular complexity index is 919. The molecule has 0 aliphatic heterocycles. The summed E-state index contributed by atoms with van der Waals surface area (Å²) in [6.45, 7) is 7.93. The van der Waals surface area contributed by atoms with Crippen molar-refractivity contribution in [3.8, 4) is 17.2 Å². The predicted molar refractivity (Wildman–Crippen MR) is 116 cm³/mol. The quantitative estimate of drug-likeness (QED) is 0.440. The highest BCUT2D eigenvalue weighted by Crippen LogP contribution is 2.18. The van der Waals surface area contributed by atoms with E-state index in [9.17, 15) is 0 Å². The van der Waals surface area contributed by atoms with Crippen LogP contribution in [0.25, 0.3) is 11.5 Å².